The Hall–Kier alpha value is -1.59. The van der Waals surface area contributed by atoms with Crippen LogP contribution in [0.3, 0.4) is 0 Å². The highest BCUT2D eigenvalue weighted by Gasteiger charge is 2.20. The normalized spacial score (nSPS) is 12.6. The van der Waals surface area contributed by atoms with Gasteiger partial charge in [-0.2, -0.15) is 0 Å². The molecule has 116 valence electrons. The molecule has 0 saturated carbocycles. The number of hydrogen-bond acceptors (Lipinski definition) is 4. The van der Waals surface area contributed by atoms with Gasteiger partial charge < -0.3 is 15.2 Å². The number of carbonyl (C=O) groups is 3. The second-order valence-electron chi connectivity index (χ2n) is 5.79. The summed E-state index contributed by atoms with van der Waals surface area (Å²) in [4.78, 5) is 33.5. The number of amides is 1. The Bertz CT molecular complexity index is 346. The van der Waals surface area contributed by atoms with Gasteiger partial charge in [-0.1, -0.05) is 6.42 Å². The molecule has 6 nitrogen and oxygen atoms in total. The van der Waals surface area contributed by atoms with Crippen molar-refractivity contribution in [2.45, 2.75) is 71.4 Å². The summed E-state index contributed by atoms with van der Waals surface area (Å²) in [5.41, 5.74) is -0.594. The monoisotopic (exact) mass is 287 g/mol. The number of ketones is 1. The third-order valence-corrected chi connectivity index (χ3v) is 2.53. The van der Waals surface area contributed by atoms with E-state index in [9.17, 15) is 14.4 Å². The van der Waals surface area contributed by atoms with Crippen molar-refractivity contribution in [1.29, 1.82) is 0 Å². The molecule has 0 unspecified atom stereocenters. The van der Waals surface area contributed by atoms with E-state index < -0.39 is 23.7 Å². The highest BCUT2D eigenvalue weighted by Crippen LogP contribution is 2.08. The average Bonchev–Trinajstić information content (AvgIpc) is 2.24. The van der Waals surface area contributed by atoms with Crippen LogP contribution in [-0.2, 0) is 14.3 Å². The molecule has 0 aromatic rings. The number of carboxylic acid groups (broad SMARTS) is 1. The smallest absolute Gasteiger partial charge is 0.408 e. The van der Waals surface area contributed by atoms with Crippen molar-refractivity contribution in [2.24, 2.45) is 0 Å². The van der Waals surface area contributed by atoms with E-state index in [2.05, 4.69) is 5.32 Å². The molecule has 0 aromatic carbocycles. The van der Waals surface area contributed by atoms with Gasteiger partial charge >= 0.3 is 12.1 Å². The average molecular weight is 287 g/mol. The molecule has 6 heteroatoms. The van der Waals surface area contributed by atoms with Crippen molar-refractivity contribution >= 4 is 17.8 Å². The molecule has 1 amide bonds. The topological polar surface area (TPSA) is 92.7 Å². The standard InChI is InChI=1S/C14H25NO5/c1-10(15-13(19)20-14(2,3)4)11(16)8-6-5-7-9-12(17)18/h10H,5-9H2,1-4H3,(H,15,19)(H,17,18)/t10-/m0/s1. The summed E-state index contributed by atoms with van der Waals surface area (Å²) >= 11 is 0. The first kappa shape index (κ1) is 18.4. The number of Topliss-reactive ketones (excluding diaryl/α,β-unsaturated/α-hetero) is 1. The molecule has 0 aromatic heterocycles. The van der Waals surface area contributed by atoms with Gasteiger partial charge in [0.15, 0.2) is 5.78 Å². The maximum absolute atomic E-state index is 11.8. The van der Waals surface area contributed by atoms with Gasteiger partial charge in [0, 0.05) is 12.8 Å². The molecule has 0 saturated heterocycles. The maximum Gasteiger partial charge on any atom is 0.408 e. The van der Waals surface area contributed by atoms with Crippen molar-refractivity contribution in [3.8, 4) is 0 Å². The van der Waals surface area contributed by atoms with E-state index in [1.165, 1.54) is 0 Å². The minimum atomic E-state index is -0.823. The number of rotatable bonds is 8. The largest absolute Gasteiger partial charge is 0.481 e. The number of unbranched alkanes of at least 4 members (excludes halogenated alkanes) is 2. The molecular formula is C14H25NO5. The number of carboxylic acids is 1. The number of ether oxygens (including phenoxy) is 1. The van der Waals surface area contributed by atoms with Crippen LogP contribution in [0.15, 0.2) is 0 Å². The Morgan fingerprint density at radius 1 is 1.10 bits per heavy atom. The first-order chi connectivity index (χ1) is 9.11. The van der Waals surface area contributed by atoms with Crippen molar-refractivity contribution in [3.63, 3.8) is 0 Å². The van der Waals surface area contributed by atoms with Crippen molar-refractivity contribution < 1.29 is 24.2 Å². The fourth-order valence-electron chi connectivity index (χ4n) is 1.53. The Morgan fingerprint density at radius 3 is 2.15 bits per heavy atom. The highest BCUT2D eigenvalue weighted by atomic mass is 16.6. The summed E-state index contributed by atoms with van der Waals surface area (Å²) in [6, 6.07) is -0.593. The number of hydrogen-bond donors (Lipinski definition) is 2. The first-order valence-electron chi connectivity index (χ1n) is 6.86. The summed E-state index contributed by atoms with van der Waals surface area (Å²) in [7, 11) is 0. The van der Waals surface area contributed by atoms with E-state index in [0.717, 1.165) is 0 Å². The van der Waals surface area contributed by atoms with Crippen molar-refractivity contribution in [1.82, 2.24) is 5.32 Å². The van der Waals surface area contributed by atoms with E-state index in [4.69, 9.17) is 9.84 Å². The quantitative estimate of drug-likeness (QED) is 0.669. The number of alkyl carbamates (subject to hydrolysis) is 1. The SMILES string of the molecule is C[C@H](NC(=O)OC(C)(C)C)C(=O)CCCCCC(=O)O. The predicted octanol–water partition coefficient (Wildman–Crippen LogP) is 2.50. The van der Waals surface area contributed by atoms with E-state index >= 15 is 0 Å². The van der Waals surface area contributed by atoms with Crippen molar-refractivity contribution in [2.75, 3.05) is 0 Å². The van der Waals surface area contributed by atoms with Gasteiger partial charge in [0.1, 0.15) is 5.60 Å². The third kappa shape index (κ3) is 10.3. The lowest BCUT2D eigenvalue weighted by molar-refractivity contribution is -0.137. The van der Waals surface area contributed by atoms with Crippen molar-refractivity contribution in [3.05, 3.63) is 0 Å². The summed E-state index contributed by atoms with van der Waals surface area (Å²) in [6.07, 6.45) is 1.74. The Labute approximate surface area is 119 Å². The van der Waals surface area contributed by atoms with Crippen LogP contribution in [-0.4, -0.2) is 34.6 Å². The van der Waals surface area contributed by atoms with Gasteiger partial charge in [0.05, 0.1) is 6.04 Å². The summed E-state index contributed by atoms with van der Waals surface area (Å²) in [5, 5.41) is 11.0. The third-order valence-electron chi connectivity index (χ3n) is 2.53. The zero-order valence-electron chi connectivity index (χ0n) is 12.7. The van der Waals surface area contributed by atoms with Crippen LogP contribution >= 0.6 is 0 Å². The minimum Gasteiger partial charge on any atom is -0.481 e. The van der Waals surface area contributed by atoms with Crippen LogP contribution < -0.4 is 5.32 Å². The first-order valence-corrected chi connectivity index (χ1v) is 6.86. The summed E-state index contributed by atoms with van der Waals surface area (Å²) in [6.45, 7) is 6.87. The Kier molecular flexibility index (Phi) is 7.87. The molecule has 0 aliphatic heterocycles. The lowest BCUT2D eigenvalue weighted by Crippen LogP contribution is -2.41. The van der Waals surface area contributed by atoms with E-state index in [1.54, 1.807) is 27.7 Å². The Morgan fingerprint density at radius 2 is 1.65 bits per heavy atom. The van der Waals surface area contributed by atoms with E-state index in [1.807, 2.05) is 0 Å². The molecule has 0 aliphatic carbocycles. The summed E-state index contributed by atoms with van der Waals surface area (Å²) in [5.74, 6) is -0.900. The molecular weight excluding hydrogens is 262 g/mol. The molecule has 0 fully saturated rings. The number of nitrogens with one attached hydrogen (secondary N) is 1. The van der Waals surface area contributed by atoms with Gasteiger partial charge in [-0.3, -0.25) is 9.59 Å². The zero-order valence-corrected chi connectivity index (χ0v) is 12.7. The fraction of sp³-hybridized carbons (Fsp3) is 0.786. The lowest BCUT2D eigenvalue weighted by Gasteiger charge is -2.21. The molecule has 1 atom stereocenters. The molecule has 20 heavy (non-hydrogen) atoms. The highest BCUT2D eigenvalue weighted by molar-refractivity contribution is 5.86. The van der Waals surface area contributed by atoms with Gasteiger partial charge in [0.2, 0.25) is 0 Å². The molecule has 0 spiro atoms. The van der Waals surface area contributed by atoms with Crippen LogP contribution in [0.4, 0.5) is 4.79 Å². The molecule has 0 aliphatic rings. The van der Waals surface area contributed by atoms with Gasteiger partial charge in [0.25, 0.3) is 0 Å². The van der Waals surface area contributed by atoms with Crippen LogP contribution in [0.25, 0.3) is 0 Å². The number of aliphatic carboxylic acids is 1. The summed E-state index contributed by atoms with van der Waals surface area (Å²) < 4.78 is 5.06. The maximum atomic E-state index is 11.8. The minimum absolute atomic E-state index is 0.0776. The second-order valence-corrected chi connectivity index (χ2v) is 5.79. The fourth-order valence-corrected chi connectivity index (χ4v) is 1.53. The Balaban J connectivity index is 3.86. The van der Waals surface area contributed by atoms with E-state index in [0.29, 0.717) is 25.7 Å². The van der Waals surface area contributed by atoms with Gasteiger partial charge in [-0.05, 0) is 40.5 Å². The zero-order chi connectivity index (χ0) is 15.8. The molecule has 2 N–H and O–H groups in total. The molecule has 0 bridgehead atoms. The van der Waals surface area contributed by atoms with Gasteiger partial charge in [-0.25, -0.2) is 4.79 Å². The predicted molar refractivity (Wildman–Crippen MR) is 74.6 cm³/mol. The lowest BCUT2D eigenvalue weighted by atomic mass is 10.1. The van der Waals surface area contributed by atoms with Crippen LogP contribution in [0, 0.1) is 0 Å². The molecule has 0 rings (SSSR count). The van der Waals surface area contributed by atoms with Gasteiger partial charge in [-0.15, -0.1) is 0 Å². The van der Waals surface area contributed by atoms with Crippen LogP contribution in [0.2, 0.25) is 0 Å². The number of carbonyl (C=O) groups excluding carboxylic acids is 2. The van der Waals surface area contributed by atoms with E-state index in [-0.39, 0.29) is 12.2 Å². The van der Waals surface area contributed by atoms with Crippen LogP contribution in [0.5, 0.6) is 0 Å². The molecule has 0 radical (unpaired) electrons. The second kappa shape index (κ2) is 8.55. The van der Waals surface area contributed by atoms with Crippen LogP contribution in [0.1, 0.15) is 59.8 Å². The molecule has 0 heterocycles.